The van der Waals surface area contributed by atoms with E-state index in [4.69, 9.17) is 4.52 Å². The van der Waals surface area contributed by atoms with Crippen molar-refractivity contribution in [1.29, 1.82) is 0 Å². The van der Waals surface area contributed by atoms with Gasteiger partial charge in [0.2, 0.25) is 0 Å². The van der Waals surface area contributed by atoms with Gasteiger partial charge in [-0.1, -0.05) is 25.9 Å². The highest BCUT2D eigenvalue weighted by Crippen LogP contribution is 2.37. The quantitative estimate of drug-likeness (QED) is 0.874. The summed E-state index contributed by atoms with van der Waals surface area (Å²) in [6.45, 7) is 7.92. The molecule has 1 aliphatic rings. The maximum atomic E-state index is 4.83. The van der Waals surface area contributed by atoms with Gasteiger partial charge in [-0.25, -0.2) is 0 Å². The predicted molar refractivity (Wildman–Crippen MR) is 68.5 cm³/mol. The largest absolute Gasteiger partial charge is 0.364 e. The topological polar surface area (TPSA) is 38.1 Å². The summed E-state index contributed by atoms with van der Waals surface area (Å²) in [6.07, 6.45) is 6.91. The lowest BCUT2D eigenvalue weighted by Crippen LogP contribution is -2.35. The van der Waals surface area contributed by atoms with Crippen molar-refractivity contribution in [3.05, 3.63) is 18.0 Å². The van der Waals surface area contributed by atoms with Crippen molar-refractivity contribution in [2.24, 2.45) is 11.3 Å². The van der Waals surface area contributed by atoms with Gasteiger partial charge in [-0.15, -0.1) is 0 Å². The van der Waals surface area contributed by atoms with Crippen LogP contribution in [0.3, 0.4) is 0 Å². The van der Waals surface area contributed by atoms with Crippen LogP contribution < -0.4 is 5.32 Å². The maximum absolute atomic E-state index is 4.83. The summed E-state index contributed by atoms with van der Waals surface area (Å²) in [4.78, 5) is 0. The van der Waals surface area contributed by atoms with E-state index in [1.54, 1.807) is 6.26 Å². The summed E-state index contributed by atoms with van der Waals surface area (Å²) in [6, 6.07) is 2.58. The van der Waals surface area contributed by atoms with Crippen molar-refractivity contribution in [3.8, 4) is 0 Å². The van der Waals surface area contributed by atoms with Crippen molar-refractivity contribution < 1.29 is 4.52 Å². The van der Waals surface area contributed by atoms with Crippen LogP contribution in [0.2, 0.25) is 0 Å². The van der Waals surface area contributed by atoms with E-state index in [9.17, 15) is 0 Å². The second-order valence-corrected chi connectivity index (χ2v) is 6.29. The average molecular weight is 236 g/mol. The summed E-state index contributed by atoms with van der Waals surface area (Å²) in [5.74, 6) is 0.882. The third kappa shape index (κ3) is 3.56. The van der Waals surface area contributed by atoms with Crippen LogP contribution in [-0.2, 0) is 6.54 Å². The van der Waals surface area contributed by atoms with Crippen molar-refractivity contribution >= 4 is 0 Å². The smallest absolute Gasteiger partial charge is 0.124 e. The maximum Gasteiger partial charge on any atom is 0.124 e. The minimum absolute atomic E-state index is 0.469. The molecule has 1 fully saturated rings. The minimum Gasteiger partial charge on any atom is -0.364 e. The highest BCUT2D eigenvalue weighted by Gasteiger charge is 2.29. The molecular weight excluding hydrogens is 212 g/mol. The highest BCUT2D eigenvalue weighted by molar-refractivity contribution is 4.95. The molecular formula is C14H24N2O. The van der Waals surface area contributed by atoms with Crippen LogP contribution in [0.4, 0.5) is 0 Å². The molecule has 1 aromatic rings. The normalized spacial score (nSPS) is 26.1. The van der Waals surface area contributed by atoms with Gasteiger partial charge in [0.25, 0.3) is 0 Å². The second kappa shape index (κ2) is 5.21. The van der Waals surface area contributed by atoms with Gasteiger partial charge in [0.15, 0.2) is 0 Å². The standard InChI is InChI=1S/C14H24N2O/c1-14(2,3)11-4-6-12(7-5-11)15-10-13-8-9-17-16-13/h8-9,11-12,15H,4-7,10H2,1-3H3. The molecule has 0 radical (unpaired) electrons. The first kappa shape index (κ1) is 12.6. The molecule has 0 amide bonds. The fourth-order valence-corrected chi connectivity index (χ4v) is 2.74. The molecule has 0 saturated heterocycles. The van der Waals surface area contributed by atoms with Gasteiger partial charge in [0.05, 0.1) is 5.69 Å². The summed E-state index contributed by atoms with van der Waals surface area (Å²) in [5.41, 5.74) is 1.47. The zero-order valence-electron chi connectivity index (χ0n) is 11.2. The Hall–Kier alpha value is -0.830. The van der Waals surface area contributed by atoms with E-state index in [-0.39, 0.29) is 0 Å². The summed E-state index contributed by atoms with van der Waals surface area (Å²) in [5, 5.41) is 7.49. The van der Waals surface area contributed by atoms with Crippen LogP contribution in [0.25, 0.3) is 0 Å². The summed E-state index contributed by atoms with van der Waals surface area (Å²) in [7, 11) is 0. The molecule has 1 saturated carbocycles. The Bertz CT molecular complexity index is 318. The van der Waals surface area contributed by atoms with E-state index in [1.165, 1.54) is 25.7 Å². The molecule has 1 heterocycles. The minimum atomic E-state index is 0.469. The molecule has 17 heavy (non-hydrogen) atoms. The summed E-state index contributed by atoms with van der Waals surface area (Å²) >= 11 is 0. The average Bonchev–Trinajstić information content (AvgIpc) is 2.78. The van der Waals surface area contributed by atoms with Crippen LogP contribution >= 0.6 is 0 Å². The molecule has 1 aliphatic carbocycles. The fraction of sp³-hybridized carbons (Fsp3) is 0.786. The van der Waals surface area contributed by atoms with Gasteiger partial charge in [-0.3, -0.25) is 0 Å². The fourth-order valence-electron chi connectivity index (χ4n) is 2.74. The van der Waals surface area contributed by atoms with Crippen molar-refractivity contribution in [2.45, 2.75) is 59.0 Å². The molecule has 0 unspecified atom stereocenters. The second-order valence-electron chi connectivity index (χ2n) is 6.29. The third-order valence-electron chi connectivity index (χ3n) is 4.02. The molecule has 96 valence electrons. The van der Waals surface area contributed by atoms with Crippen molar-refractivity contribution in [3.63, 3.8) is 0 Å². The van der Waals surface area contributed by atoms with E-state index >= 15 is 0 Å². The number of aromatic nitrogens is 1. The van der Waals surface area contributed by atoms with E-state index in [1.807, 2.05) is 6.07 Å². The lowest BCUT2D eigenvalue weighted by molar-refractivity contribution is 0.159. The zero-order chi connectivity index (χ0) is 12.3. The van der Waals surface area contributed by atoms with Crippen molar-refractivity contribution in [1.82, 2.24) is 10.5 Å². The molecule has 0 atom stereocenters. The van der Waals surface area contributed by atoms with Crippen LogP contribution in [0.5, 0.6) is 0 Å². The van der Waals surface area contributed by atoms with Crippen molar-refractivity contribution in [2.75, 3.05) is 0 Å². The molecule has 2 rings (SSSR count). The van der Waals surface area contributed by atoms with Gasteiger partial charge in [0.1, 0.15) is 6.26 Å². The van der Waals surface area contributed by atoms with Gasteiger partial charge in [-0.05, 0) is 37.0 Å². The van der Waals surface area contributed by atoms with Gasteiger partial charge in [0, 0.05) is 18.7 Å². The Labute approximate surface area is 104 Å². The monoisotopic (exact) mass is 236 g/mol. The first-order valence-electron chi connectivity index (χ1n) is 6.68. The van der Waals surface area contributed by atoms with Crippen LogP contribution in [0.1, 0.15) is 52.1 Å². The van der Waals surface area contributed by atoms with E-state index in [2.05, 4.69) is 31.2 Å². The Kier molecular flexibility index (Phi) is 3.87. The molecule has 0 aliphatic heterocycles. The first-order valence-corrected chi connectivity index (χ1v) is 6.68. The first-order chi connectivity index (χ1) is 8.05. The molecule has 0 spiro atoms. The summed E-state index contributed by atoms with van der Waals surface area (Å²) < 4.78 is 4.83. The SMILES string of the molecule is CC(C)(C)C1CCC(NCc2ccon2)CC1. The number of hydrogen-bond donors (Lipinski definition) is 1. The number of hydrogen-bond acceptors (Lipinski definition) is 3. The van der Waals surface area contributed by atoms with Crippen LogP contribution in [-0.4, -0.2) is 11.2 Å². The Morgan fingerprint density at radius 2 is 2.00 bits per heavy atom. The third-order valence-corrected chi connectivity index (χ3v) is 4.02. The molecule has 3 nitrogen and oxygen atoms in total. The molecule has 3 heteroatoms. The lowest BCUT2D eigenvalue weighted by Gasteiger charge is -2.37. The van der Waals surface area contributed by atoms with Gasteiger partial charge in [-0.2, -0.15) is 0 Å². The van der Waals surface area contributed by atoms with Crippen LogP contribution in [0, 0.1) is 11.3 Å². The van der Waals surface area contributed by atoms with E-state index in [0.29, 0.717) is 11.5 Å². The number of nitrogens with zero attached hydrogens (tertiary/aromatic N) is 1. The lowest BCUT2D eigenvalue weighted by atomic mass is 9.71. The zero-order valence-corrected chi connectivity index (χ0v) is 11.2. The Balaban J connectivity index is 1.72. The molecule has 1 N–H and O–H groups in total. The Morgan fingerprint density at radius 1 is 1.29 bits per heavy atom. The van der Waals surface area contributed by atoms with Gasteiger partial charge >= 0.3 is 0 Å². The van der Waals surface area contributed by atoms with E-state index < -0.39 is 0 Å². The van der Waals surface area contributed by atoms with Crippen LogP contribution in [0.15, 0.2) is 16.9 Å². The molecule has 0 aromatic carbocycles. The Morgan fingerprint density at radius 3 is 2.53 bits per heavy atom. The number of nitrogens with one attached hydrogen (secondary N) is 1. The van der Waals surface area contributed by atoms with E-state index in [0.717, 1.165) is 18.2 Å². The number of rotatable bonds is 3. The molecule has 0 bridgehead atoms. The highest BCUT2D eigenvalue weighted by atomic mass is 16.5. The van der Waals surface area contributed by atoms with Gasteiger partial charge < -0.3 is 9.84 Å². The predicted octanol–water partition coefficient (Wildman–Crippen LogP) is 3.37. The molecule has 1 aromatic heterocycles.